The Morgan fingerprint density at radius 1 is 1.18 bits per heavy atom. The molecule has 2 rings (SSSR count). The maximum absolute atomic E-state index is 12.2. The van der Waals surface area contributed by atoms with Gasteiger partial charge < -0.3 is 19.9 Å². The molecule has 1 unspecified atom stereocenters. The Morgan fingerprint density at radius 2 is 1.86 bits per heavy atom. The van der Waals surface area contributed by atoms with E-state index in [1.807, 2.05) is 16.8 Å². The second kappa shape index (κ2) is 10.3. The zero-order valence-corrected chi connectivity index (χ0v) is 14.7. The van der Waals surface area contributed by atoms with E-state index in [0.717, 1.165) is 25.9 Å². The molecule has 6 nitrogen and oxygen atoms in total. The van der Waals surface area contributed by atoms with Crippen molar-refractivity contribution >= 4 is 36.0 Å². The molecule has 2 fully saturated rings. The number of hydrogen-bond acceptors (Lipinski definition) is 5. The fraction of sp³-hybridized carbons (Fsp3) is 0.857. The maximum atomic E-state index is 12.2. The minimum Gasteiger partial charge on any atom is -0.378 e. The van der Waals surface area contributed by atoms with Gasteiger partial charge in [-0.3, -0.25) is 9.59 Å². The number of ether oxygens (including phenoxy) is 1. The number of hydrogen-bond donors (Lipinski definition) is 1. The number of rotatable bonds is 6. The molecular weight excluding hydrogens is 326 g/mol. The monoisotopic (exact) mass is 351 g/mol. The molecule has 2 aliphatic rings. The predicted molar refractivity (Wildman–Crippen MR) is 90.6 cm³/mol. The number of nitrogens with zero attached hydrogens (tertiary/aromatic N) is 2. The van der Waals surface area contributed by atoms with E-state index >= 15 is 0 Å². The van der Waals surface area contributed by atoms with Crippen LogP contribution in [-0.4, -0.2) is 85.6 Å². The van der Waals surface area contributed by atoms with Gasteiger partial charge >= 0.3 is 0 Å². The summed E-state index contributed by atoms with van der Waals surface area (Å²) in [4.78, 5) is 28.0. The van der Waals surface area contributed by atoms with E-state index in [1.54, 1.807) is 0 Å². The number of nitrogens with one attached hydrogen (secondary N) is 1. The lowest BCUT2D eigenvalue weighted by molar-refractivity contribution is -0.132. The van der Waals surface area contributed by atoms with Crippen LogP contribution in [0.25, 0.3) is 0 Å². The fourth-order valence-electron chi connectivity index (χ4n) is 2.82. The number of amides is 2. The van der Waals surface area contributed by atoms with Crippen molar-refractivity contribution in [3.8, 4) is 0 Å². The van der Waals surface area contributed by atoms with Gasteiger partial charge in [-0.05, 0) is 19.9 Å². The molecule has 1 atom stereocenters. The first-order chi connectivity index (χ1) is 10.2. The molecule has 8 heteroatoms. The van der Waals surface area contributed by atoms with Gasteiger partial charge in [0.2, 0.25) is 11.8 Å². The Hall–Kier alpha value is -0.500. The van der Waals surface area contributed by atoms with Gasteiger partial charge in [0.15, 0.2) is 0 Å². The van der Waals surface area contributed by atoms with Crippen LogP contribution in [0.2, 0.25) is 0 Å². The second-order valence-electron chi connectivity index (χ2n) is 5.43. The minimum absolute atomic E-state index is 0. The van der Waals surface area contributed by atoms with Crippen LogP contribution >= 0.6 is 24.2 Å². The van der Waals surface area contributed by atoms with Gasteiger partial charge in [-0.25, -0.2) is 0 Å². The van der Waals surface area contributed by atoms with E-state index in [9.17, 15) is 9.59 Å². The summed E-state index contributed by atoms with van der Waals surface area (Å²) in [5.74, 6) is 1.06. The standard InChI is InChI=1S/C14H25N3O3S.ClH/c1-15-9-12-3-2-4-17(12)14(19)11-21-10-13(18)16-5-7-20-8-6-16;/h12,15H,2-11H2,1H3;1H. The van der Waals surface area contributed by atoms with Gasteiger partial charge in [-0.1, -0.05) is 0 Å². The number of morpholine rings is 1. The molecular formula is C14H26ClN3O3S. The largest absolute Gasteiger partial charge is 0.378 e. The number of thioether (sulfide) groups is 1. The van der Waals surface area contributed by atoms with E-state index in [-0.39, 0.29) is 24.2 Å². The van der Waals surface area contributed by atoms with Crippen LogP contribution in [0.4, 0.5) is 0 Å². The zero-order chi connectivity index (χ0) is 15.1. The Morgan fingerprint density at radius 3 is 2.55 bits per heavy atom. The zero-order valence-electron chi connectivity index (χ0n) is 13.1. The Balaban J connectivity index is 0.00000242. The molecule has 2 aliphatic heterocycles. The first kappa shape index (κ1) is 19.5. The molecule has 2 amide bonds. The summed E-state index contributed by atoms with van der Waals surface area (Å²) in [6.45, 7) is 4.28. The van der Waals surface area contributed by atoms with Crippen molar-refractivity contribution in [3.63, 3.8) is 0 Å². The van der Waals surface area contributed by atoms with E-state index in [0.29, 0.717) is 43.9 Å². The number of halogens is 1. The highest BCUT2D eigenvalue weighted by Crippen LogP contribution is 2.18. The Bertz CT molecular complexity index is 367. The van der Waals surface area contributed by atoms with Gasteiger partial charge in [-0.15, -0.1) is 24.2 Å². The van der Waals surface area contributed by atoms with Crippen LogP contribution < -0.4 is 5.32 Å². The smallest absolute Gasteiger partial charge is 0.232 e. The summed E-state index contributed by atoms with van der Waals surface area (Å²) in [5.41, 5.74) is 0. The molecule has 0 aromatic carbocycles. The lowest BCUT2D eigenvalue weighted by atomic mass is 10.2. The van der Waals surface area contributed by atoms with Gasteiger partial charge in [0.1, 0.15) is 0 Å². The molecule has 0 radical (unpaired) electrons. The van der Waals surface area contributed by atoms with Crippen molar-refractivity contribution in [2.45, 2.75) is 18.9 Å². The summed E-state index contributed by atoms with van der Waals surface area (Å²) in [5, 5.41) is 3.14. The highest BCUT2D eigenvalue weighted by Gasteiger charge is 2.28. The van der Waals surface area contributed by atoms with E-state index in [1.165, 1.54) is 11.8 Å². The van der Waals surface area contributed by atoms with Crippen molar-refractivity contribution in [1.82, 2.24) is 15.1 Å². The summed E-state index contributed by atoms with van der Waals surface area (Å²) in [7, 11) is 1.91. The molecule has 22 heavy (non-hydrogen) atoms. The Kier molecular flexibility index (Phi) is 9.16. The normalized spacial score (nSPS) is 21.6. The van der Waals surface area contributed by atoms with Gasteiger partial charge in [-0.2, -0.15) is 0 Å². The molecule has 2 saturated heterocycles. The second-order valence-corrected chi connectivity index (χ2v) is 6.41. The van der Waals surface area contributed by atoms with Gasteiger partial charge in [0.25, 0.3) is 0 Å². The van der Waals surface area contributed by atoms with E-state index in [4.69, 9.17) is 4.74 Å². The summed E-state index contributed by atoms with van der Waals surface area (Å²) in [6, 6.07) is 0.318. The van der Waals surface area contributed by atoms with Crippen molar-refractivity contribution in [3.05, 3.63) is 0 Å². The van der Waals surface area contributed by atoms with Crippen LogP contribution in [0.1, 0.15) is 12.8 Å². The van der Waals surface area contributed by atoms with Crippen LogP contribution in [0.3, 0.4) is 0 Å². The minimum atomic E-state index is 0. The first-order valence-corrected chi connectivity index (χ1v) is 8.75. The first-order valence-electron chi connectivity index (χ1n) is 7.59. The van der Waals surface area contributed by atoms with Crippen molar-refractivity contribution in [2.24, 2.45) is 0 Å². The average molecular weight is 352 g/mol. The summed E-state index contributed by atoms with van der Waals surface area (Å²) in [6.07, 6.45) is 2.15. The lowest BCUT2D eigenvalue weighted by Crippen LogP contribution is -2.43. The molecule has 0 bridgehead atoms. The lowest BCUT2D eigenvalue weighted by Gasteiger charge is -2.27. The van der Waals surface area contributed by atoms with Crippen molar-refractivity contribution in [2.75, 3.05) is 57.9 Å². The number of likely N-dealkylation sites (N-methyl/N-ethyl adjacent to an activating group) is 1. The average Bonchev–Trinajstić information content (AvgIpc) is 2.96. The fourth-order valence-corrected chi connectivity index (χ4v) is 3.62. The molecule has 0 aliphatic carbocycles. The quantitative estimate of drug-likeness (QED) is 0.741. The summed E-state index contributed by atoms with van der Waals surface area (Å²) < 4.78 is 5.23. The highest BCUT2D eigenvalue weighted by molar-refractivity contribution is 8.00. The molecule has 0 spiro atoms. The molecule has 1 N–H and O–H groups in total. The topological polar surface area (TPSA) is 61.9 Å². The van der Waals surface area contributed by atoms with Gasteiger partial charge in [0.05, 0.1) is 24.7 Å². The van der Waals surface area contributed by atoms with Crippen LogP contribution in [-0.2, 0) is 14.3 Å². The van der Waals surface area contributed by atoms with E-state index < -0.39 is 0 Å². The Labute approximate surface area is 142 Å². The number of carbonyl (C=O) groups excluding carboxylic acids is 2. The van der Waals surface area contributed by atoms with E-state index in [2.05, 4.69) is 5.32 Å². The number of carbonyl (C=O) groups is 2. The molecule has 128 valence electrons. The molecule has 0 saturated carbocycles. The van der Waals surface area contributed by atoms with Crippen molar-refractivity contribution in [1.29, 1.82) is 0 Å². The van der Waals surface area contributed by atoms with Crippen molar-refractivity contribution < 1.29 is 14.3 Å². The van der Waals surface area contributed by atoms with Crippen LogP contribution in [0.15, 0.2) is 0 Å². The molecule has 0 aromatic heterocycles. The third-order valence-corrected chi connectivity index (χ3v) is 4.85. The maximum Gasteiger partial charge on any atom is 0.232 e. The molecule has 0 aromatic rings. The number of likely N-dealkylation sites (tertiary alicyclic amines) is 1. The third-order valence-electron chi connectivity index (χ3n) is 3.95. The van der Waals surface area contributed by atoms with Gasteiger partial charge in [0, 0.05) is 32.2 Å². The predicted octanol–water partition coefficient (Wildman–Crippen LogP) is 0.211. The SMILES string of the molecule is CNCC1CCCN1C(=O)CSCC(=O)N1CCOCC1.Cl. The van der Waals surface area contributed by atoms with Crippen LogP contribution in [0, 0.1) is 0 Å². The molecule has 2 heterocycles. The highest BCUT2D eigenvalue weighted by atomic mass is 35.5. The van der Waals surface area contributed by atoms with Crippen LogP contribution in [0.5, 0.6) is 0 Å². The third kappa shape index (κ3) is 5.61. The summed E-state index contributed by atoms with van der Waals surface area (Å²) >= 11 is 1.43.